The molecule has 9 heteroatoms. The molecule has 1 aromatic heterocycles. The highest BCUT2D eigenvalue weighted by molar-refractivity contribution is 6.07. The van der Waals surface area contributed by atoms with Gasteiger partial charge in [-0.2, -0.15) is 0 Å². The number of allylic oxidation sites excluding steroid dienone is 1. The average Bonchev–Trinajstić information content (AvgIpc) is 3.63. The van der Waals surface area contributed by atoms with E-state index in [-0.39, 0.29) is 24.3 Å². The second-order valence-corrected chi connectivity index (χ2v) is 10.0. The van der Waals surface area contributed by atoms with Gasteiger partial charge in [-0.15, -0.1) is 5.10 Å². The van der Waals surface area contributed by atoms with Crippen molar-refractivity contribution in [1.82, 2.24) is 15.0 Å². The van der Waals surface area contributed by atoms with E-state index in [1.54, 1.807) is 28.8 Å². The Morgan fingerprint density at radius 2 is 1.95 bits per heavy atom. The summed E-state index contributed by atoms with van der Waals surface area (Å²) in [7, 11) is 1.66. The fourth-order valence-electron chi connectivity index (χ4n) is 5.41. The molecule has 2 aliphatic rings. The molecule has 3 heterocycles. The maximum Gasteiger partial charge on any atom is 0.264 e. The topological polar surface area (TPSA) is 112 Å². The van der Waals surface area contributed by atoms with Crippen molar-refractivity contribution >= 4 is 23.2 Å². The van der Waals surface area contributed by atoms with E-state index in [0.29, 0.717) is 48.6 Å². The Hall–Kier alpha value is -3.82. The van der Waals surface area contributed by atoms with Gasteiger partial charge in [-0.1, -0.05) is 54.6 Å². The van der Waals surface area contributed by atoms with Gasteiger partial charge < -0.3 is 20.0 Å². The molecule has 38 heavy (non-hydrogen) atoms. The lowest BCUT2D eigenvalue weighted by Crippen LogP contribution is -2.43. The van der Waals surface area contributed by atoms with Crippen LogP contribution < -0.4 is 9.80 Å². The van der Waals surface area contributed by atoms with E-state index in [0.717, 1.165) is 12.0 Å². The second kappa shape index (κ2) is 10.5. The van der Waals surface area contributed by atoms with Crippen LogP contribution in [0.1, 0.15) is 48.9 Å². The monoisotopic (exact) mass is 515 g/mol. The SMILES string of the molecule is C[C@H](/C=C/CCn1cc(C(CO)c2ccccc2)nn1)[C@@]1(O)C(=O)N(C)c2ccc(N3CCCC3=O)cc21. The molecule has 2 amide bonds. The number of fused-ring (bicyclic) bond motifs is 1. The summed E-state index contributed by atoms with van der Waals surface area (Å²) in [5.41, 5.74) is 1.85. The van der Waals surface area contributed by atoms with E-state index in [1.165, 1.54) is 4.90 Å². The van der Waals surface area contributed by atoms with Crippen molar-refractivity contribution in [3.8, 4) is 0 Å². The smallest absolute Gasteiger partial charge is 0.264 e. The molecule has 2 aliphatic heterocycles. The first kappa shape index (κ1) is 25.8. The van der Waals surface area contributed by atoms with Crippen molar-refractivity contribution < 1.29 is 19.8 Å². The van der Waals surface area contributed by atoms with Crippen LogP contribution in [0.3, 0.4) is 0 Å². The van der Waals surface area contributed by atoms with Crippen molar-refractivity contribution in [1.29, 1.82) is 0 Å². The largest absolute Gasteiger partial charge is 0.395 e. The molecule has 1 unspecified atom stereocenters. The molecular formula is C29H33N5O4. The maximum atomic E-state index is 13.2. The van der Waals surface area contributed by atoms with Gasteiger partial charge in [-0.3, -0.25) is 14.3 Å². The fraction of sp³-hybridized carbons (Fsp3) is 0.379. The van der Waals surface area contributed by atoms with Gasteiger partial charge >= 0.3 is 0 Å². The molecule has 9 nitrogen and oxygen atoms in total. The van der Waals surface area contributed by atoms with Crippen molar-refractivity contribution in [2.24, 2.45) is 5.92 Å². The third-order valence-corrected chi connectivity index (χ3v) is 7.67. The molecule has 3 aromatic rings. The van der Waals surface area contributed by atoms with Crippen molar-refractivity contribution in [2.45, 2.75) is 44.2 Å². The Kier molecular flexibility index (Phi) is 7.14. The molecule has 5 rings (SSSR count). The molecule has 198 valence electrons. The highest BCUT2D eigenvalue weighted by atomic mass is 16.3. The predicted molar refractivity (Wildman–Crippen MR) is 144 cm³/mol. The van der Waals surface area contributed by atoms with Crippen LogP contribution in [0.4, 0.5) is 11.4 Å². The van der Waals surface area contributed by atoms with Gasteiger partial charge in [0.15, 0.2) is 5.60 Å². The summed E-state index contributed by atoms with van der Waals surface area (Å²) in [4.78, 5) is 28.7. The van der Waals surface area contributed by atoms with Crippen LogP contribution in [0, 0.1) is 5.92 Å². The molecular weight excluding hydrogens is 482 g/mol. The molecule has 2 aromatic carbocycles. The van der Waals surface area contributed by atoms with E-state index >= 15 is 0 Å². The van der Waals surface area contributed by atoms with Crippen LogP contribution in [-0.4, -0.2) is 57.2 Å². The lowest BCUT2D eigenvalue weighted by Gasteiger charge is -2.27. The highest BCUT2D eigenvalue weighted by Gasteiger charge is 2.51. The minimum Gasteiger partial charge on any atom is -0.395 e. The first-order valence-electron chi connectivity index (χ1n) is 13.0. The molecule has 0 bridgehead atoms. The van der Waals surface area contributed by atoms with Crippen LogP contribution in [0.5, 0.6) is 0 Å². The Balaban J connectivity index is 1.28. The van der Waals surface area contributed by atoms with Crippen LogP contribution in [0.25, 0.3) is 0 Å². The molecule has 1 saturated heterocycles. The van der Waals surface area contributed by atoms with E-state index in [1.807, 2.05) is 61.7 Å². The van der Waals surface area contributed by atoms with Gasteiger partial charge in [-0.25, -0.2) is 0 Å². The number of hydrogen-bond acceptors (Lipinski definition) is 6. The molecule has 1 fully saturated rings. The van der Waals surface area contributed by atoms with Gasteiger partial charge in [0.05, 0.1) is 23.9 Å². The van der Waals surface area contributed by atoms with Crippen LogP contribution in [0.2, 0.25) is 0 Å². The minimum atomic E-state index is -1.72. The van der Waals surface area contributed by atoms with Gasteiger partial charge in [0.2, 0.25) is 5.91 Å². The zero-order chi connectivity index (χ0) is 26.9. The molecule has 0 saturated carbocycles. The first-order chi connectivity index (χ1) is 18.3. The number of hydrogen-bond donors (Lipinski definition) is 2. The van der Waals surface area contributed by atoms with Crippen LogP contribution in [-0.2, 0) is 21.7 Å². The Morgan fingerprint density at radius 1 is 1.16 bits per heavy atom. The Bertz CT molecular complexity index is 1350. The molecule has 3 atom stereocenters. The summed E-state index contributed by atoms with van der Waals surface area (Å²) in [6.07, 6.45) is 7.57. The quantitative estimate of drug-likeness (QED) is 0.424. The zero-order valence-corrected chi connectivity index (χ0v) is 21.7. The predicted octanol–water partition coefficient (Wildman–Crippen LogP) is 2.98. The Morgan fingerprint density at radius 3 is 2.66 bits per heavy atom. The molecule has 0 spiro atoms. The number of carbonyl (C=O) groups excluding carboxylic acids is 2. The van der Waals surface area contributed by atoms with E-state index in [4.69, 9.17) is 0 Å². The number of benzene rings is 2. The first-order valence-corrected chi connectivity index (χ1v) is 13.0. The van der Waals surface area contributed by atoms with Gasteiger partial charge in [0.1, 0.15) is 0 Å². The van der Waals surface area contributed by atoms with E-state index < -0.39 is 11.5 Å². The number of nitrogens with zero attached hydrogens (tertiary/aromatic N) is 5. The summed E-state index contributed by atoms with van der Waals surface area (Å²) in [5, 5.41) is 30.0. The highest BCUT2D eigenvalue weighted by Crippen LogP contribution is 2.46. The Labute approximate surface area is 222 Å². The summed E-state index contributed by atoms with van der Waals surface area (Å²) in [6, 6.07) is 15.1. The number of aliphatic hydroxyl groups excluding tert-OH is 1. The standard InChI is InChI=1S/C29H33N5O4/c1-20(9-6-7-15-33-18-25(30-31-33)23(19-35)21-10-4-3-5-11-21)29(38)24-17-22(34-16-8-12-27(34)36)13-14-26(24)32(2)28(29)37/h3-6,9-11,13-14,17-18,20,23,35,38H,7-8,12,15-16,19H2,1-2H3/b9-6+/t20-,23?,29+/m1/s1. The van der Waals surface area contributed by atoms with Crippen molar-refractivity contribution in [3.63, 3.8) is 0 Å². The van der Waals surface area contributed by atoms with Gasteiger partial charge in [0.25, 0.3) is 5.91 Å². The zero-order valence-electron chi connectivity index (χ0n) is 21.7. The normalized spacial score (nSPS) is 20.9. The number of anilines is 2. The number of aryl methyl sites for hydroxylation is 1. The number of aliphatic hydroxyl groups is 2. The van der Waals surface area contributed by atoms with Gasteiger partial charge in [-0.05, 0) is 36.6 Å². The average molecular weight is 516 g/mol. The summed E-state index contributed by atoms with van der Waals surface area (Å²) in [6.45, 7) is 2.97. The number of amides is 2. The van der Waals surface area contributed by atoms with Crippen LogP contribution in [0.15, 0.2) is 66.9 Å². The minimum absolute atomic E-state index is 0.0592. The third kappa shape index (κ3) is 4.52. The molecule has 2 N–H and O–H groups in total. The summed E-state index contributed by atoms with van der Waals surface area (Å²) in [5.74, 6) is -1.05. The van der Waals surface area contributed by atoms with Crippen molar-refractivity contribution in [2.75, 3.05) is 30.0 Å². The molecule has 0 radical (unpaired) electrons. The number of likely N-dealkylation sites (N-methyl/N-ethyl adjacent to an activating group) is 1. The van der Waals surface area contributed by atoms with Crippen LogP contribution >= 0.6 is 0 Å². The lowest BCUT2D eigenvalue weighted by molar-refractivity contribution is -0.139. The summed E-state index contributed by atoms with van der Waals surface area (Å²) >= 11 is 0. The summed E-state index contributed by atoms with van der Waals surface area (Å²) < 4.78 is 1.73. The number of aromatic nitrogens is 3. The lowest BCUT2D eigenvalue weighted by atomic mass is 9.82. The molecule has 0 aliphatic carbocycles. The van der Waals surface area contributed by atoms with Gasteiger partial charge in [0, 0.05) is 49.9 Å². The third-order valence-electron chi connectivity index (χ3n) is 7.67. The maximum absolute atomic E-state index is 13.2. The van der Waals surface area contributed by atoms with E-state index in [2.05, 4.69) is 10.3 Å². The van der Waals surface area contributed by atoms with E-state index in [9.17, 15) is 19.8 Å². The fourth-order valence-corrected chi connectivity index (χ4v) is 5.41. The number of carbonyl (C=O) groups is 2. The van der Waals surface area contributed by atoms with Crippen molar-refractivity contribution in [3.05, 3.63) is 83.7 Å². The second-order valence-electron chi connectivity index (χ2n) is 10.0. The number of rotatable bonds is 9.